The minimum atomic E-state index is -3.84. The number of benzene rings is 2. The highest BCUT2D eigenvalue weighted by molar-refractivity contribution is 8.06. The minimum absolute atomic E-state index is 0.00323. The molecule has 23 heavy (non-hydrogen) atoms. The van der Waals surface area contributed by atoms with E-state index in [0.717, 1.165) is 17.7 Å². The number of sulfone groups is 1. The molecule has 2 aromatic carbocycles. The van der Waals surface area contributed by atoms with Gasteiger partial charge in [-0.25, -0.2) is 22.2 Å². The zero-order chi connectivity index (χ0) is 16.6. The number of nitrogens with zero attached hydrogens (tertiary/aromatic N) is 1. The first-order valence-corrected chi connectivity index (χ1v) is 8.36. The molecule has 1 aliphatic heterocycles. The van der Waals surface area contributed by atoms with E-state index in [-0.39, 0.29) is 16.7 Å². The molecule has 0 unspecified atom stereocenters. The van der Waals surface area contributed by atoms with Gasteiger partial charge in [-0.05, 0) is 47.9 Å². The van der Waals surface area contributed by atoms with Crippen LogP contribution in [0.1, 0.15) is 5.56 Å². The highest BCUT2D eigenvalue weighted by Crippen LogP contribution is 2.28. The molecule has 0 N–H and O–H groups in total. The van der Waals surface area contributed by atoms with Crippen LogP contribution in [0.4, 0.5) is 8.78 Å². The molecule has 1 heterocycles. The summed E-state index contributed by atoms with van der Waals surface area (Å²) < 4.78 is 56.5. The van der Waals surface area contributed by atoms with E-state index in [2.05, 4.69) is 4.99 Å². The summed E-state index contributed by atoms with van der Waals surface area (Å²) in [6.07, 6.45) is 0. The fourth-order valence-corrected chi connectivity index (χ4v) is 3.54. The van der Waals surface area contributed by atoms with Crippen molar-refractivity contribution in [3.05, 3.63) is 53.6 Å². The first-order valence-electron chi connectivity index (χ1n) is 6.88. The van der Waals surface area contributed by atoms with Crippen molar-refractivity contribution in [2.45, 2.75) is 11.8 Å². The smallest absolute Gasteiger partial charge is 0.310 e. The molecule has 2 aromatic rings. The van der Waals surface area contributed by atoms with Crippen molar-refractivity contribution in [2.75, 3.05) is 13.2 Å². The average molecular weight is 337 g/mol. The van der Waals surface area contributed by atoms with Crippen LogP contribution in [-0.2, 0) is 14.6 Å². The maximum Gasteiger partial charge on any atom is 0.310 e. The number of rotatable bonds is 2. The SMILES string of the molecule is Cc1ccc(S(=O)(=O)C2=NCCO2)cc1-c1ccc(F)c(F)c1. The lowest BCUT2D eigenvalue weighted by Gasteiger charge is -2.10. The Morgan fingerprint density at radius 2 is 1.87 bits per heavy atom. The standard InChI is InChI=1S/C16H13F2NO3S/c1-10-2-4-12(23(20,21)16-19-6-7-22-16)9-13(10)11-3-5-14(17)15(18)8-11/h2-5,8-9H,6-7H2,1H3. The van der Waals surface area contributed by atoms with Gasteiger partial charge in [-0.15, -0.1) is 0 Å². The highest BCUT2D eigenvalue weighted by Gasteiger charge is 2.27. The van der Waals surface area contributed by atoms with Crippen molar-refractivity contribution in [3.8, 4) is 11.1 Å². The van der Waals surface area contributed by atoms with E-state index in [1.165, 1.54) is 18.2 Å². The molecule has 0 saturated heterocycles. The van der Waals surface area contributed by atoms with Crippen molar-refractivity contribution in [3.63, 3.8) is 0 Å². The van der Waals surface area contributed by atoms with Gasteiger partial charge in [0.2, 0.25) is 0 Å². The van der Waals surface area contributed by atoms with E-state index in [0.29, 0.717) is 17.7 Å². The molecule has 0 saturated carbocycles. The molecule has 0 fully saturated rings. The zero-order valence-corrected chi connectivity index (χ0v) is 13.0. The average Bonchev–Trinajstić information content (AvgIpc) is 3.05. The third kappa shape index (κ3) is 2.84. The Bertz CT molecular complexity index is 908. The Morgan fingerprint density at radius 1 is 1.09 bits per heavy atom. The lowest BCUT2D eigenvalue weighted by atomic mass is 10.0. The Kier molecular flexibility index (Phi) is 3.89. The lowest BCUT2D eigenvalue weighted by Crippen LogP contribution is -2.15. The molecular weight excluding hydrogens is 324 g/mol. The quantitative estimate of drug-likeness (QED) is 0.846. The van der Waals surface area contributed by atoms with Gasteiger partial charge in [0.15, 0.2) is 11.6 Å². The third-order valence-electron chi connectivity index (χ3n) is 3.54. The summed E-state index contributed by atoms with van der Waals surface area (Å²) in [4.78, 5) is 3.83. The Balaban J connectivity index is 2.11. The number of aliphatic imine (C=N–C) groups is 1. The van der Waals surface area contributed by atoms with Gasteiger partial charge in [0, 0.05) is 0 Å². The molecular formula is C16H13F2NO3S. The summed E-state index contributed by atoms with van der Waals surface area (Å²) in [5.41, 5.74) is 1.64. The molecule has 0 aliphatic carbocycles. The van der Waals surface area contributed by atoms with Gasteiger partial charge in [-0.1, -0.05) is 12.1 Å². The van der Waals surface area contributed by atoms with Crippen LogP contribution in [-0.4, -0.2) is 26.8 Å². The molecule has 0 amide bonds. The van der Waals surface area contributed by atoms with Crippen LogP contribution in [0.15, 0.2) is 46.3 Å². The predicted molar refractivity (Wildman–Crippen MR) is 82.0 cm³/mol. The van der Waals surface area contributed by atoms with Crippen LogP contribution >= 0.6 is 0 Å². The Hall–Kier alpha value is -2.28. The van der Waals surface area contributed by atoms with Crippen LogP contribution in [0.25, 0.3) is 11.1 Å². The topological polar surface area (TPSA) is 55.7 Å². The van der Waals surface area contributed by atoms with E-state index in [1.54, 1.807) is 13.0 Å². The molecule has 0 radical (unpaired) electrons. The van der Waals surface area contributed by atoms with Crippen LogP contribution in [0, 0.1) is 18.6 Å². The molecule has 3 rings (SSSR count). The predicted octanol–water partition coefficient (Wildman–Crippen LogP) is 3.10. The highest BCUT2D eigenvalue weighted by atomic mass is 32.2. The normalized spacial score (nSPS) is 14.5. The van der Waals surface area contributed by atoms with Crippen molar-refractivity contribution in [1.82, 2.24) is 0 Å². The van der Waals surface area contributed by atoms with Crippen LogP contribution < -0.4 is 0 Å². The van der Waals surface area contributed by atoms with E-state index in [1.807, 2.05) is 0 Å². The first-order chi connectivity index (χ1) is 10.9. The van der Waals surface area contributed by atoms with E-state index >= 15 is 0 Å². The summed E-state index contributed by atoms with van der Waals surface area (Å²) >= 11 is 0. The summed E-state index contributed by atoms with van der Waals surface area (Å²) in [5.74, 6) is -1.94. The molecule has 0 atom stereocenters. The number of ether oxygens (including phenoxy) is 1. The van der Waals surface area contributed by atoms with E-state index in [9.17, 15) is 17.2 Å². The first kappa shape index (κ1) is 15.6. The van der Waals surface area contributed by atoms with Crippen molar-refractivity contribution >= 4 is 15.1 Å². The van der Waals surface area contributed by atoms with Gasteiger partial charge in [-0.3, -0.25) is 0 Å². The van der Waals surface area contributed by atoms with Crippen LogP contribution in [0.2, 0.25) is 0 Å². The Labute approximate surface area is 132 Å². The van der Waals surface area contributed by atoms with Crippen LogP contribution in [0.5, 0.6) is 0 Å². The maximum absolute atomic E-state index is 13.4. The largest absolute Gasteiger partial charge is 0.467 e. The van der Waals surface area contributed by atoms with Gasteiger partial charge in [-0.2, -0.15) is 0 Å². The number of halogens is 2. The van der Waals surface area contributed by atoms with Gasteiger partial charge < -0.3 is 4.74 Å². The minimum Gasteiger partial charge on any atom is -0.467 e. The monoisotopic (exact) mass is 337 g/mol. The lowest BCUT2D eigenvalue weighted by molar-refractivity contribution is 0.353. The summed E-state index contributed by atoms with van der Waals surface area (Å²) in [6.45, 7) is 2.30. The van der Waals surface area contributed by atoms with Crippen molar-refractivity contribution in [2.24, 2.45) is 4.99 Å². The Morgan fingerprint density at radius 3 is 2.52 bits per heavy atom. The molecule has 120 valence electrons. The summed E-state index contributed by atoms with van der Waals surface area (Å²) in [7, 11) is -3.84. The fraction of sp³-hybridized carbons (Fsp3) is 0.188. The number of hydrogen-bond acceptors (Lipinski definition) is 4. The van der Waals surface area contributed by atoms with Crippen molar-refractivity contribution in [1.29, 1.82) is 0 Å². The second-order valence-corrected chi connectivity index (χ2v) is 6.93. The second-order valence-electron chi connectivity index (χ2n) is 5.11. The maximum atomic E-state index is 13.4. The van der Waals surface area contributed by atoms with E-state index in [4.69, 9.17) is 4.74 Å². The fourth-order valence-electron chi connectivity index (χ4n) is 2.32. The van der Waals surface area contributed by atoms with Crippen LogP contribution in [0.3, 0.4) is 0 Å². The van der Waals surface area contributed by atoms with Gasteiger partial charge >= 0.3 is 5.23 Å². The van der Waals surface area contributed by atoms with Crippen molar-refractivity contribution < 1.29 is 21.9 Å². The van der Waals surface area contributed by atoms with Gasteiger partial charge in [0.25, 0.3) is 9.84 Å². The van der Waals surface area contributed by atoms with Gasteiger partial charge in [0.05, 0.1) is 11.4 Å². The molecule has 0 bridgehead atoms. The third-order valence-corrected chi connectivity index (χ3v) is 5.12. The number of hydrogen-bond donors (Lipinski definition) is 0. The molecule has 1 aliphatic rings. The molecule has 7 heteroatoms. The number of aryl methyl sites for hydroxylation is 1. The summed E-state index contributed by atoms with van der Waals surface area (Å²) in [5, 5.41) is -0.308. The molecule has 0 spiro atoms. The van der Waals surface area contributed by atoms with Gasteiger partial charge in [0.1, 0.15) is 6.61 Å². The van der Waals surface area contributed by atoms with E-state index < -0.39 is 21.5 Å². The molecule has 0 aromatic heterocycles. The second kappa shape index (κ2) is 5.73. The zero-order valence-electron chi connectivity index (χ0n) is 12.2. The molecule has 4 nitrogen and oxygen atoms in total. The summed E-state index contributed by atoms with van der Waals surface area (Å²) in [6, 6.07) is 7.92.